The second-order valence-corrected chi connectivity index (χ2v) is 14.2. The molecular weight excluding hydrogens is 685 g/mol. The molecule has 56 heavy (non-hydrogen) atoms. The molecule has 11 aromatic rings. The van der Waals surface area contributed by atoms with Crippen LogP contribution in [0.2, 0.25) is 0 Å². The molecule has 0 spiro atoms. The van der Waals surface area contributed by atoms with E-state index in [4.69, 9.17) is 8.83 Å². The molecule has 0 bridgehead atoms. The van der Waals surface area contributed by atoms with Gasteiger partial charge in [0.25, 0.3) is 0 Å². The zero-order valence-corrected chi connectivity index (χ0v) is 30.3. The lowest BCUT2D eigenvalue weighted by atomic mass is 10.0. The van der Waals surface area contributed by atoms with E-state index in [9.17, 15) is 0 Å². The van der Waals surface area contributed by atoms with Gasteiger partial charge in [0.05, 0.1) is 0 Å². The van der Waals surface area contributed by atoms with Crippen LogP contribution in [0.15, 0.2) is 215 Å². The van der Waals surface area contributed by atoms with Crippen molar-refractivity contribution in [1.82, 2.24) is 0 Å². The quantitative estimate of drug-likeness (QED) is 0.164. The van der Waals surface area contributed by atoms with Gasteiger partial charge in [-0.15, -0.1) is 0 Å². The molecule has 0 aliphatic heterocycles. The molecule has 0 atom stereocenters. The van der Waals surface area contributed by atoms with Crippen molar-refractivity contribution >= 4 is 88.8 Å². The third-order valence-corrected chi connectivity index (χ3v) is 10.8. The topological polar surface area (TPSA) is 32.8 Å². The van der Waals surface area contributed by atoms with E-state index in [0.29, 0.717) is 0 Å². The van der Waals surface area contributed by atoms with Crippen LogP contribution in [0.5, 0.6) is 0 Å². The zero-order valence-electron chi connectivity index (χ0n) is 30.3. The van der Waals surface area contributed by atoms with Crippen molar-refractivity contribution in [2.75, 3.05) is 9.80 Å². The maximum atomic E-state index is 6.45. The first-order valence-corrected chi connectivity index (χ1v) is 18.9. The summed E-state index contributed by atoms with van der Waals surface area (Å²) < 4.78 is 12.7. The molecule has 0 radical (unpaired) electrons. The Labute approximate surface area is 323 Å². The van der Waals surface area contributed by atoms with E-state index in [2.05, 4.69) is 192 Å². The molecule has 2 aromatic heterocycles. The summed E-state index contributed by atoms with van der Waals surface area (Å²) in [6, 6.07) is 72.8. The van der Waals surface area contributed by atoms with Crippen LogP contribution in [0.25, 0.3) is 65.8 Å². The van der Waals surface area contributed by atoms with E-state index < -0.39 is 0 Å². The third kappa shape index (κ3) is 5.39. The van der Waals surface area contributed by atoms with Crippen LogP contribution in [0.1, 0.15) is 0 Å². The fraction of sp³-hybridized carbons (Fsp3) is 0. The summed E-state index contributed by atoms with van der Waals surface area (Å²) in [6.07, 6.45) is 0. The summed E-state index contributed by atoms with van der Waals surface area (Å²) in [6.45, 7) is 0. The Morgan fingerprint density at radius 1 is 0.268 bits per heavy atom. The molecule has 0 saturated heterocycles. The van der Waals surface area contributed by atoms with Crippen molar-refractivity contribution in [1.29, 1.82) is 0 Å². The minimum atomic E-state index is 0.848. The Morgan fingerprint density at radius 3 is 1.57 bits per heavy atom. The molecule has 4 nitrogen and oxygen atoms in total. The number of hydrogen-bond acceptors (Lipinski definition) is 4. The van der Waals surface area contributed by atoms with Crippen LogP contribution in [0.4, 0.5) is 34.1 Å². The SMILES string of the molecule is c1ccc(-c2cccc(N(c3ccccc3)c3cccc(N(c4ccc5c(ccc6oc7ccccc7c65)c4)c4ccc5c(c4)oc4ccccc45)c3)c2)cc1. The number of furan rings is 2. The first-order chi connectivity index (χ1) is 27.7. The second kappa shape index (κ2) is 13.1. The van der Waals surface area contributed by atoms with Gasteiger partial charge in [0, 0.05) is 61.7 Å². The van der Waals surface area contributed by atoms with Crippen molar-refractivity contribution in [2.45, 2.75) is 0 Å². The highest BCUT2D eigenvalue weighted by molar-refractivity contribution is 6.19. The maximum Gasteiger partial charge on any atom is 0.137 e. The molecule has 264 valence electrons. The molecule has 0 amide bonds. The average molecular weight is 719 g/mol. The fourth-order valence-electron chi connectivity index (χ4n) is 8.23. The number of anilines is 6. The van der Waals surface area contributed by atoms with Gasteiger partial charge in [0.15, 0.2) is 0 Å². The highest BCUT2D eigenvalue weighted by Gasteiger charge is 2.20. The highest BCUT2D eigenvalue weighted by atomic mass is 16.3. The molecule has 0 aliphatic rings. The number of rotatable bonds is 7. The van der Waals surface area contributed by atoms with Crippen LogP contribution < -0.4 is 9.80 Å². The van der Waals surface area contributed by atoms with Crippen molar-refractivity contribution in [2.24, 2.45) is 0 Å². The van der Waals surface area contributed by atoms with Crippen molar-refractivity contribution in [3.63, 3.8) is 0 Å². The highest BCUT2D eigenvalue weighted by Crippen LogP contribution is 2.44. The van der Waals surface area contributed by atoms with Crippen LogP contribution in [0, 0.1) is 0 Å². The van der Waals surface area contributed by atoms with E-state index in [1.54, 1.807) is 0 Å². The number of para-hydroxylation sites is 3. The van der Waals surface area contributed by atoms with E-state index in [1.165, 1.54) is 5.56 Å². The summed E-state index contributed by atoms with van der Waals surface area (Å²) in [7, 11) is 0. The molecule has 9 aromatic carbocycles. The Hall–Kier alpha value is -7.56. The van der Waals surface area contributed by atoms with Gasteiger partial charge in [-0.25, -0.2) is 0 Å². The molecule has 0 unspecified atom stereocenters. The van der Waals surface area contributed by atoms with Gasteiger partial charge < -0.3 is 18.6 Å². The number of fused-ring (bicyclic) bond motifs is 8. The van der Waals surface area contributed by atoms with Crippen molar-refractivity contribution in [3.05, 3.63) is 206 Å². The van der Waals surface area contributed by atoms with Crippen molar-refractivity contribution < 1.29 is 8.83 Å². The Kier molecular flexibility index (Phi) is 7.46. The molecule has 2 heterocycles. The van der Waals surface area contributed by atoms with Crippen LogP contribution in [0.3, 0.4) is 0 Å². The monoisotopic (exact) mass is 718 g/mol. The zero-order chi connectivity index (χ0) is 37.0. The second-order valence-electron chi connectivity index (χ2n) is 14.2. The largest absolute Gasteiger partial charge is 0.456 e. The van der Waals surface area contributed by atoms with Gasteiger partial charge in [-0.05, 0) is 107 Å². The maximum absolute atomic E-state index is 6.45. The predicted octanol–water partition coefficient (Wildman–Crippen LogP) is 15.2. The molecular formula is C52H34N2O2. The lowest BCUT2D eigenvalue weighted by Crippen LogP contribution is -2.13. The van der Waals surface area contributed by atoms with Gasteiger partial charge in [-0.3, -0.25) is 0 Å². The third-order valence-electron chi connectivity index (χ3n) is 10.8. The van der Waals surface area contributed by atoms with Crippen LogP contribution in [-0.4, -0.2) is 0 Å². The van der Waals surface area contributed by atoms with E-state index in [1.807, 2.05) is 24.3 Å². The van der Waals surface area contributed by atoms with Crippen LogP contribution in [-0.2, 0) is 0 Å². The van der Waals surface area contributed by atoms with Gasteiger partial charge in [0.1, 0.15) is 22.3 Å². The van der Waals surface area contributed by atoms with E-state index in [-0.39, 0.29) is 0 Å². The van der Waals surface area contributed by atoms with E-state index in [0.717, 1.165) is 94.3 Å². The molecule has 4 heteroatoms. The first-order valence-electron chi connectivity index (χ1n) is 18.9. The smallest absolute Gasteiger partial charge is 0.137 e. The van der Waals surface area contributed by atoms with Gasteiger partial charge >= 0.3 is 0 Å². The summed E-state index contributed by atoms with van der Waals surface area (Å²) in [4.78, 5) is 4.66. The molecule has 0 aliphatic carbocycles. The Bertz CT molecular complexity index is 3220. The van der Waals surface area contributed by atoms with Crippen LogP contribution >= 0.6 is 0 Å². The van der Waals surface area contributed by atoms with Gasteiger partial charge in [-0.2, -0.15) is 0 Å². The average Bonchev–Trinajstić information content (AvgIpc) is 3.83. The number of nitrogens with zero attached hydrogens (tertiary/aromatic N) is 2. The lowest BCUT2D eigenvalue weighted by Gasteiger charge is -2.29. The Morgan fingerprint density at radius 2 is 0.786 bits per heavy atom. The van der Waals surface area contributed by atoms with E-state index >= 15 is 0 Å². The standard InChI is InChI=1S/C52H34N2O2/c1-3-13-35(14-4-1)36-15-11-18-39(31-36)53(38-16-5-2-6-17-38)40-19-12-20-41(33-40)54(43-27-29-46-45-21-7-9-23-48(45)56-51(46)34-43)42-26-28-44-37(32-42)25-30-50-52(44)47-22-8-10-24-49(47)55-50/h1-34H. The summed E-state index contributed by atoms with van der Waals surface area (Å²) in [5, 5.41) is 6.76. The normalized spacial score (nSPS) is 11.6. The minimum absolute atomic E-state index is 0.848. The summed E-state index contributed by atoms with van der Waals surface area (Å²) in [5.41, 5.74) is 12.1. The number of benzene rings is 9. The first kappa shape index (κ1) is 31.9. The summed E-state index contributed by atoms with van der Waals surface area (Å²) >= 11 is 0. The predicted molar refractivity (Wildman–Crippen MR) is 233 cm³/mol. The Balaban J connectivity index is 1.10. The van der Waals surface area contributed by atoms with Crippen molar-refractivity contribution in [3.8, 4) is 11.1 Å². The minimum Gasteiger partial charge on any atom is -0.456 e. The molecule has 0 saturated carbocycles. The summed E-state index contributed by atoms with van der Waals surface area (Å²) in [5.74, 6) is 0. The lowest BCUT2D eigenvalue weighted by molar-refractivity contribution is 0.668. The van der Waals surface area contributed by atoms with Gasteiger partial charge in [-0.1, -0.05) is 115 Å². The molecule has 11 rings (SSSR count). The number of hydrogen-bond donors (Lipinski definition) is 0. The molecule has 0 fully saturated rings. The molecule has 0 N–H and O–H groups in total. The van der Waals surface area contributed by atoms with Gasteiger partial charge in [0.2, 0.25) is 0 Å². The fourth-order valence-corrected chi connectivity index (χ4v) is 8.23.